The third kappa shape index (κ3) is 4.70. The van der Waals surface area contributed by atoms with E-state index in [0.717, 1.165) is 12.5 Å². The molecule has 4 rings (SSSR count). The van der Waals surface area contributed by atoms with Gasteiger partial charge in [0.1, 0.15) is 22.2 Å². The van der Waals surface area contributed by atoms with Crippen molar-refractivity contribution >= 4 is 27.3 Å². The average molecular weight is 486 g/mol. The maximum atomic E-state index is 13.6. The number of amides is 1. The Balaban J connectivity index is 1.59. The minimum absolute atomic E-state index is 0.0832. The van der Waals surface area contributed by atoms with Crippen LogP contribution in [0.2, 0.25) is 0 Å². The predicted molar refractivity (Wildman–Crippen MR) is 116 cm³/mol. The van der Waals surface area contributed by atoms with Crippen LogP contribution in [0.3, 0.4) is 0 Å². The number of carbonyl (C=O) groups is 1. The first-order chi connectivity index (χ1) is 15.1. The van der Waals surface area contributed by atoms with Gasteiger partial charge >= 0.3 is 0 Å². The van der Waals surface area contributed by atoms with Crippen molar-refractivity contribution in [3.63, 3.8) is 0 Å². The highest BCUT2D eigenvalue weighted by atomic mass is 32.2. The molecule has 0 bridgehead atoms. The van der Waals surface area contributed by atoms with Gasteiger partial charge in [-0.05, 0) is 44.7 Å². The normalized spacial score (nSPS) is 22.7. The van der Waals surface area contributed by atoms with Gasteiger partial charge in [-0.1, -0.05) is 0 Å². The van der Waals surface area contributed by atoms with Crippen molar-refractivity contribution < 1.29 is 27.1 Å². The summed E-state index contributed by atoms with van der Waals surface area (Å²) in [4.78, 5) is 19.1. The molecule has 2 aliphatic rings. The quantitative estimate of drug-likeness (QED) is 0.628. The van der Waals surface area contributed by atoms with Crippen LogP contribution in [-0.4, -0.2) is 59.3 Å². The first-order valence-corrected chi connectivity index (χ1v) is 13.1. The molecule has 1 amide bonds. The largest absolute Gasteiger partial charge is 0.380 e. The molecule has 11 heteroatoms. The standard InChI is InChI=1S/C21H25F2N3O4S2/c1-2-32(29,30)25-17-4-7-26(20(27)21(28)5-3-6-21)18(17)11-16-12-31-19(24-16)13-8-14(22)10-15(23)9-13/h8-10,12,17-18,25,28H,2-7,11H2,1H3/t17-,18-/m0/s1. The zero-order chi connectivity index (χ0) is 23.1. The number of nitrogens with one attached hydrogen (secondary N) is 1. The molecule has 0 spiro atoms. The number of aliphatic hydroxyl groups is 1. The Morgan fingerprint density at radius 3 is 2.59 bits per heavy atom. The summed E-state index contributed by atoms with van der Waals surface area (Å²) in [6, 6.07) is 2.15. The highest BCUT2D eigenvalue weighted by Crippen LogP contribution is 2.36. The molecule has 0 radical (unpaired) electrons. The average Bonchev–Trinajstić information content (AvgIpc) is 3.32. The molecule has 7 nitrogen and oxygen atoms in total. The fourth-order valence-corrected chi connectivity index (χ4v) is 5.95. The summed E-state index contributed by atoms with van der Waals surface area (Å²) in [5, 5.41) is 12.7. The number of hydrogen-bond donors (Lipinski definition) is 2. The third-order valence-corrected chi connectivity index (χ3v) is 8.54. The lowest BCUT2D eigenvalue weighted by atomic mass is 9.79. The number of hydrogen-bond acceptors (Lipinski definition) is 6. The van der Waals surface area contributed by atoms with Crippen molar-refractivity contribution in [2.24, 2.45) is 0 Å². The van der Waals surface area contributed by atoms with Crippen LogP contribution in [0.5, 0.6) is 0 Å². The lowest BCUT2D eigenvalue weighted by Crippen LogP contribution is -2.57. The number of carbonyl (C=O) groups excluding carboxylic acids is 1. The molecular formula is C21H25F2N3O4S2. The molecule has 32 heavy (non-hydrogen) atoms. The van der Waals surface area contributed by atoms with Gasteiger partial charge in [-0.3, -0.25) is 4.79 Å². The first-order valence-electron chi connectivity index (χ1n) is 10.5. The van der Waals surface area contributed by atoms with Crippen LogP contribution >= 0.6 is 11.3 Å². The smallest absolute Gasteiger partial charge is 0.254 e. The highest BCUT2D eigenvalue weighted by molar-refractivity contribution is 7.89. The molecular weight excluding hydrogens is 460 g/mol. The van der Waals surface area contributed by atoms with Gasteiger partial charge in [0.15, 0.2) is 0 Å². The lowest BCUT2D eigenvalue weighted by molar-refractivity contribution is -0.161. The van der Waals surface area contributed by atoms with Gasteiger partial charge in [0.05, 0.1) is 17.5 Å². The zero-order valence-electron chi connectivity index (χ0n) is 17.6. The Bertz CT molecular complexity index is 1100. The maximum Gasteiger partial charge on any atom is 0.254 e. The van der Waals surface area contributed by atoms with Gasteiger partial charge in [0.25, 0.3) is 5.91 Å². The molecule has 0 unspecified atom stereocenters. The number of sulfonamides is 1. The second-order valence-electron chi connectivity index (χ2n) is 8.37. The van der Waals surface area contributed by atoms with Crippen LogP contribution in [-0.2, 0) is 21.2 Å². The van der Waals surface area contributed by atoms with Gasteiger partial charge < -0.3 is 10.0 Å². The Morgan fingerprint density at radius 1 is 1.31 bits per heavy atom. The minimum atomic E-state index is -3.50. The first kappa shape index (κ1) is 23.2. The lowest BCUT2D eigenvalue weighted by Gasteiger charge is -2.40. The molecule has 2 N–H and O–H groups in total. The predicted octanol–water partition coefficient (Wildman–Crippen LogP) is 2.45. The van der Waals surface area contributed by atoms with Gasteiger partial charge in [-0.25, -0.2) is 26.9 Å². The van der Waals surface area contributed by atoms with Crippen molar-refractivity contribution in [1.82, 2.24) is 14.6 Å². The fourth-order valence-electron chi connectivity index (χ4n) is 4.23. The molecule has 2 atom stereocenters. The van der Waals surface area contributed by atoms with Crippen LogP contribution in [0, 0.1) is 11.6 Å². The van der Waals surface area contributed by atoms with E-state index in [1.807, 2.05) is 0 Å². The van der Waals surface area contributed by atoms with Gasteiger partial charge in [-0.15, -0.1) is 11.3 Å². The summed E-state index contributed by atoms with van der Waals surface area (Å²) in [5.74, 6) is -1.87. The van der Waals surface area contributed by atoms with Crippen molar-refractivity contribution in [2.45, 2.75) is 56.7 Å². The summed E-state index contributed by atoms with van der Waals surface area (Å²) < 4.78 is 54.2. The number of nitrogens with zero attached hydrogens (tertiary/aromatic N) is 2. The molecule has 1 saturated carbocycles. The van der Waals surface area contributed by atoms with Crippen LogP contribution in [0.1, 0.15) is 38.3 Å². The number of likely N-dealkylation sites (tertiary alicyclic amines) is 1. The minimum Gasteiger partial charge on any atom is -0.380 e. The fraction of sp³-hybridized carbons (Fsp3) is 0.524. The second-order valence-corrected chi connectivity index (χ2v) is 11.3. The van der Waals surface area contributed by atoms with E-state index in [2.05, 4.69) is 9.71 Å². The third-order valence-electron chi connectivity index (χ3n) is 6.18. The summed E-state index contributed by atoms with van der Waals surface area (Å²) in [6.07, 6.45) is 2.25. The topological polar surface area (TPSA) is 99.6 Å². The van der Waals surface area contributed by atoms with E-state index in [0.29, 0.717) is 42.1 Å². The SMILES string of the molecule is CCS(=O)(=O)N[C@H]1CCN(C(=O)C2(O)CCC2)[C@H]1Cc1csc(-c2cc(F)cc(F)c2)n1. The van der Waals surface area contributed by atoms with Crippen LogP contribution < -0.4 is 4.72 Å². The van der Waals surface area contributed by atoms with Gasteiger partial charge in [0.2, 0.25) is 10.0 Å². The Labute approximate surface area is 189 Å². The van der Waals surface area contributed by atoms with E-state index in [9.17, 15) is 27.1 Å². The number of aromatic nitrogens is 1. The van der Waals surface area contributed by atoms with Crippen LogP contribution in [0.25, 0.3) is 10.6 Å². The molecule has 1 aromatic heterocycles. The van der Waals surface area contributed by atoms with Crippen molar-refractivity contribution in [2.75, 3.05) is 12.3 Å². The van der Waals surface area contributed by atoms with Crippen LogP contribution in [0.4, 0.5) is 8.78 Å². The van der Waals surface area contributed by atoms with Gasteiger partial charge in [-0.2, -0.15) is 0 Å². The van der Waals surface area contributed by atoms with E-state index in [1.165, 1.54) is 30.4 Å². The molecule has 1 aliphatic heterocycles. The molecule has 1 saturated heterocycles. The Kier molecular flexibility index (Phi) is 6.36. The Morgan fingerprint density at radius 2 is 2.00 bits per heavy atom. The molecule has 174 valence electrons. The molecule has 1 aromatic carbocycles. The second kappa shape index (κ2) is 8.77. The van der Waals surface area contributed by atoms with Crippen molar-refractivity contribution in [1.29, 1.82) is 0 Å². The summed E-state index contributed by atoms with van der Waals surface area (Å²) in [5.41, 5.74) is -0.492. The highest BCUT2D eigenvalue weighted by Gasteiger charge is 2.49. The van der Waals surface area contributed by atoms with Crippen LogP contribution in [0.15, 0.2) is 23.6 Å². The molecule has 1 aliphatic carbocycles. The maximum absolute atomic E-state index is 13.6. The van der Waals surface area contributed by atoms with Crippen molar-refractivity contribution in [3.05, 3.63) is 40.9 Å². The molecule has 2 aromatic rings. The summed E-state index contributed by atoms with van der Waals surface area (Å²) in [6.45, 7) is 1.87. The van der Waals surface area contributed by atoms with E-state index in [1.54, 1.807) is 10.3 Å². The number of halogens is 2. The summed E-state index contributed by atoms with van der Waals surface area (Å²) in [7, 11) is -3.50. The van der Waals surface area contributed by atoms with E-state index in [-0.39, 0.29) is 18.1 Å². The van der Waals surface area contributed by atoms with Crippen molar-refractivity contribution in [3.8, 4) is 10.6 Å². The van der Waals surface area contributed by atoms with Gasteiger partial charge in [0, 0.05) is 36.0 Å². The molecule has 2 fully saturated rings. The van der Waals surface area contributed by atoms with E-state index >= 15 is 0 Å². The number of thiazole rings is 1. The number of rotatable bonds is 7. The zero-order valence-corrected chi connectivity index (χ0v) is 19.2. The Hall–Kier alpha value is -1.95. The van der Waals surface area contributed by atoms with E-state index < -0.39 is 39.3 Å². The number of benzene rings is 1. The summed E-state index contributed by atoms with van der Waals surface area (Å²) >= 11 is 1.22. The van der Waals surface area contributed by atoms with E-state index in [4.69, 9.17) is 0 Å². The monoisotopic (exact) mass is 485 g/mol. The molecule has 2 heterocycles.